The van der Waals surface area contributed by atoms with Crippen molar-refractivity contribution in [3.63, 3.8) is 0 Å². The number of hydrogen-bond donors (Lipinski definition) is 2. The minimum Gasteiger partial charge on any atom is -0.493 e. The second-order valence-corrected chi connectivity index (χ2v) is 8.81. The molecule has 2 aromatic rings. The largest absolute Gasteiger partial charge is 0.493 e. The van der Waals surface area contributed by atoms with Crippen molar-refractivity contribution in [2.24, 2.45) is 5.92 Å². The van der Waals surface area contributed by atoms with Crippen LogP contribution in [0.25, 0.3) is 0 Å². The molecule has 0 radical (unpaired) electrons. The van der Waals surface area contributed by atoms with Crippen molar-refractivity contribution in [3.05, 3.63) is 53.6 Å². The fraction of sp³-hybridized carbons (Fsp3) is 0.423. The number of ether oxygens (including phenoxy) is 3. The number of carbonyl (C=O) groups is 3. The summed E-state index contributed by atoms with van der Waals surface area (Å²) in [6.45, 7) is 0.911. The number of urea groups is 1. The molecule has 35 heavy (non-hydrogen) atoms. The van der Waals surface area contributed by atoms with Crippen molar-refractivity contribution >= 4 is 17.8 Å². The molecule has 0 aromatic heterocycles. The average Bonchev–Trinajstić information content (AvgIpc) is 3.20. The Balaban J connectivity index is 1.50. The smallest absolute Gasteiger partial charge is 0.322 e. The first-order valence-corrected chi connectivity index (χ1v) is 11.7. The maximum Gasteiger partial charge on any atom is 0.322 e. The maximum atomic E-state index is 13.4. The summed E-state index contributed by atoms with van der Waals surface area (Å²) in [7, 11) is 4.50. The molecule has 0 spiro atoms. The number of carbonyl (C=O) groups excluding carboxylic acids is 3. The molecule has 2 N–H and O–H groups in total. The summed E-state index contributed by atoms with van der Waals surface area (Å²) in [6.07, 6.45) is 2.33. The molecule has 2 aromatic carbocycles. The molecule has 4 amide bonds. The highest BCUT2D eigenvalue weighted by molar-refractivity contribution is 6.07. The van der Waals surface area contributed by atoms with Gasteiger partial charge in [-0.2, -0.15) is 0 Å². The Morgan fingerprint density at radius 2 is 1.66 bits per heavy atom. The summed E-state index contributed by atoms with van der Waals surface area (Å²) in [5.74, 6) is 0.600. The second-order valence-electron chi connectivity index (χ2n) is 8.81. The van der Waals surface area contributed by atoms with E-state index in [9.17, 15) is 14.4 Å². The molecule has 2 aliphatic heterocycles. The van der Waals surface area contributed by atoms with E-state index in [1.54, 1.807) is 17.0 Å². The number of aryl methyl sites for hydroxylation is 1. The van der Waals surface area contributed by atoms with Crippen molar-refractivity contribution < 1.29 is 28.6 Å². The van der Waals surface area contributed by atoms with Crippen LogP contribution < -0.4 is 24.8 Å². The fourth-order valence-corrected chi connectivity index (χ4v) is 5.17. The lowest BCUT2D eigenvalue weighted by Gasteiger charge is -2.41. The highest BCUT2D eigenvalue weighted by Gasteiger charge is 2.52. The summed E-state index contributed by atoms with van der Waals surface area (Å²) in [4.78, 5) is 40.2. The number of imide groups is 1. The topological polar surface area (TPSA) is 106 Å². The predicted molar refractivity (Wildman–Crippen MR) is 129 cm³/mol. The predicted octanol–water partition coefficient (Wildman–Crippen LogP) is 2.78. The first-order valence-electron chi connectivity index (χ1n) is 11.7. The van der Waals surface area contributed by atoms with E-state index in [-0.39, 0.29) is 17.7 Å². The van der Waals surface area contributed by atoms with E-state index in [4.69, 9.17) is 14.2 Å². The summed E-state index contributed by atoms with van der Waals surface area (Å²) < 4.78 is 16.2. The molecular formula is C26H31N3O6. The minimum absolute atomic E-state index is 0.0889. The van der Waals surface area contributed by atoms with E-state index < -0.39 is 11.6 Å². The Morgan fingerprint density at radius 3 is 2.23 bits per heavy atom. The van der Waals surface area contributed by atoms with E-state index in [2.05, 4.69) is 10.6 Å². The molecule has 186 valence electrons. The molecule has 1 atom stereocenters. The molecule has 0 bridgehead atoms. The standard InChI is InChI=1S/C26H31N3O6/c1-33-20-10-9-19(21(34-2)22(20)35-3)23(30)29-15-12-18(13-16-29)26(24(31)27-25(32)28-26)14-11-17-7-5-4-6-8-17/h4-10,18H,11-16H2,1-3H3,(H2,27,28,31,32)/t26-/m0/s1. The zero-order chi connectivity index (χ0) is 25.0. The van der Waals surface area contributed by atoms with Gasteiger partial charge in [0, 0.05) is 13.1 Å². The van der Waals surface area contributed by atoms with Crippen molar-refractivity contribution in [2.75, 3.05) is 34.4 Å². The maximum absolute atomic E-state index is 13.4. The zero-order valence-corrected chi connectivity index (χ0v) is 20.3. The highest BCUT2D eigenvalue weighted by atomic mass is 16.5. The van der Waals surface area contributed by atoms with Crippen LogP contribution in [0, 0.1) is 5.92 Å². The van der Waals surface area contributed by atoms with Gasteiger partial charge >= 0.3 is 6.03 Å². The molecular weight excluding hydrogens is 450 g/mol. The van der Waals surface area contributed by atoms with E-state index in [0.29, 0.717) is 61.6 Å². The number of rotatable bonds is 8. The van der Waals surface area contributed by atoms with Crippen molar-refractivity contribution in [1.29, 1.82) is 0 Å². The molecule has 0 saturated carbocycles. The first kappa shape index (κ1) is 24.4. The number of amides is 4. The Kier molecular flexibility index (Phi) is 7.14. The van der Waals surface area contributed by atoms with Gasteiger partial charge in [0.2, 0.25) is 5.75 Å². The lowest BCUT2D eigenvalue weighted by molar-refractivity contribution is -0.126. The molecule has 2 fully saturated rings. The Morgan fingerprint density at radius 1 is 0.971 bits per heavy atom. The Hall–Kier alpha value is -3.75. The van der Waals surface area contributed by atoms with Gasteiger partial charge in [0.15, 0.2) is 11.5 Å². The van der Waals surface area contributed by atoms with Gasteiger partial charge in [-0.25, -0.2) is 4.79 Å². The van der Waals surface area contributed by atoms with Gasteiger partial charge in [-0.1, -0.05) is 30.3 Å². The molecule has 2 aliphatic rings. The molecule has 4 rings (SSSR count). The van der Waals surface area contributed by atoms with E-state index in [1.165, 1.54) is 21.3 Å². The Bertz CT molecular complexity index is 1100. The lowest BCUT2D eigenvalue weighted by Crippen LogP contribution is -2.56. The Labute approximate surface area is 204 Å². The van der Waals surface area contributed by atoms with Crippen LogP contribution in [0.4, 0.5) is 4.79 Å². The van der Waals surface area contributed by atoms with Crippen LogP contribution in [-0.4, -0.2) is 62.7 Å². The number of nitrogens with one attached hydrogen (secondary N) is 2. The third kappa shape index (κ3) is 4.62. The van der Waals surface area contributed by atoms with Gasteiger partial charge in [-0.15, -0.1) is 0 Å². The monoisotopic (exact) mass is 481 g/mol. The van der Waals surface area contributed by atoms with Crippen LogP contribution in [0.15, 0.2) is 42.5 Å². The summed E-state index contributed by atoms with van der Waals surface area (Å²) >= 11 is 0. The van der Waals surface area contributed by atoms with Crippen LogP contribution in [0.5, 0.6) is 17.2 Å². The fourth-order valence-electron chi connectivity index (χ4n) is 5.17. The molecule has 2 heterocycles. The normalized spacial score (nSPS) is 20.3. The first-order chi connectivity index (χ1) is 16.9. The zero-order valence-electron chi connectivity index (χ0n) is 20.3. The van der Waals surface area contributed by atoms with E-state index in [1.807, 2.05) is 30.3 Å². The van der Waals surface area contributed by atoms with Crippen LogP contribution in [0.1, 0.15) is 35.2 Å². The van der Waals surface area contributed by atoms with Gasteiger partial charge in [0.1, 0.15) is 5.54 Å². The number of nitrogens with zero attached hydrogens (tertiary/aromatic N) is 1. The van der Waals surface area contributed by atoms with Crippen LogP contribution >= 0.6 is 0 Å². The molecule has 2 saturated heterocycles. The van der Waals surface area contributed by atoms with Crippen molar-refractivity contribution in [3.8, 4) is 17.2 Å². The number of piperidine rings is 1. The lowest BCUT2D eigenvalue weighted by atomic mass is 9.74. The number of likely N-dealkylation sites (tertiary alicyclic amines) is 1. The molecule has 9 nitrogen and oxygen atoms in total. The summed E-state index contributed by atoms with van der Waals surface area (Å²) in [5.41, 5.74) is 0.506. The van der Waals surface area contributed by atoms with E-state index in [0.717, 1.165) is 5.56 Å². The van der Waals surface area contributed by atoms with Gasteiger partial charge in [0.05, 0.1) is 26.9 Å². The van der Waals surface area contributed by atoms with E-state index >= 15 is 0 Å². The summed E-state index contributed by atoms with van der Waals surface area (Å²) in [6, 6.07) is 12.8. The quantitative estimate of drug-likeness (QED) is 0.562. The average molecular weight is 482 g/mol. The van der Waals surface area contributed by atoms with Crippen LogP contribution in [0.3, 0.4) is 0 Å². The van der Waals surface area contributed by atoms with Crippen molar-refractivity contribution in [2.45, 2.75) is 31.2 Å². The molecule has 0 unspecified atom stereocenters. The van der Waals surface area contributed by atoms with Crippen LogP contribution in [0.2, 0.25) is 0 Å². The minimum atomic E-state index is -0.983. The molecule has 9 heteroatoms. The van der Waals surface area contributed by atoms with Gasteiger partial charge in [-0.05, 0) is 49.3 Å². The highest BCUT2D eigenvalue weighted by Crippen LogP contribution is 2.41. The van der Waals surface area contributed by atoms with Gasteiger partial charge in [0.25, 0.3) is 11.8 Å². The van der Waals surface area contributed by atoms with Crippen LogP contribution in [-0.2, 0) is 11.2 Å². The summed E-state index contributed by atoms with van der Waals surface area (Å²) in [5, 5.41) is 5.35. The third-order valence-corrected chi connectivity index (χ3v) is 7.03. The van der Waals surface area contributed by atoms with Gasteiger partial charge in [-0.3, -0.25) is 14.9 Å². The van der Waals surface area contributed by atoms with Crippen molar-refractivity contribution in [1.82, 2.24) is 15.5 Å². The molecule has 0 aliphatic carbocycles. The second kappa shape index (κ2) is 10.2. The number of hydrogen-bond acceptors (Lipinski definition) is 6. The number of benzene rings is 2. The SMILES string of the molecule is COc1ccc(C(=O)N2CCC([C@]3(CCc4ccccc4)NC(=O)NC3=O)CC2)c(OC)c1OC. The number of methoxy groups -OCH3 is 3. The third-order valence-electron chi connectivity index (χ3n) is 7.03. The van der Waals surface area contributed by atoms with Gasteiger partial charge < -0.3 is 24.4 Å².